The molecule has 120 valence electrons. The van der Waals surface area contributed by atoms with E-state index in [9.17, 15) is 18.2 Å². The first kappa shape index (κ1) is 17.0. The maximum absolute atomic E-state index is 12.9. The molecule has 7 heteroatoms. The number of nitrogens with zero attached hydrogens (tertiary/aromatic N) is 1. The molecule has 0 aliphatic rings. The summed E-state index contributed by atoms with van der Waals surface area (Å²) >= 11 is 0. The van der Waals surface area contributed by atoms with E-state index in [0.717, 1.165) is 0 Å². The molecular formula is C16H14FNO4S. The highest BCUT2D eigenvalue weighted by molar-refractivity contribution is 7.85. The van der Waals surface area contributed by atoms with Crippen molar-refractivity contribution in [2.24, 2.45) is 0 Å². The van der Waals surface area contributed by atoms with Gasteiger partial charge in [0.2, 0.25) is 5.78 Å². The fourth-order valence-electron chi connectivity index (χ4n) is 1.77. The third kappa shape index (κ3) is 4.53. The van der Waals surface area contributed by atoms with Gasteiger partial charge < -0.3 is 4.74 Å². The Labute approximate surface area is 135 Å². The van der Waals surface area contributed by atoms with Crippen LogP contribution in [0.2, 0.25) is 0 Å². The molecule has 2 aromatic rings. The second kappa shape index (κ2) is 7.73. The number of hydrogen-bond donors (Lipinski definition) is 0. The van der Waals surface area contributed by atoms with Gasteiger partial charge in [0.25, 0.3) is 0 Å². The van der Waals surface area contributed by atoms with E-state index >= 15 is 0 Å². The molecular weight excluding hydrogens is 321 g/mol. The minimum atomic E-state index is -1.49. The summed E-state index contributed by atoms with van der Waals surface area (Å²) < 4.78 is 29.8. The lowest BCUT2D eigenvalue weighted by atomic mass is 10.2. The zero-order valence-electron chi connectivity index (χ0n) is 12.3. The number of aromatic nitrogens is 1. The molecule has 2 rings (SSSR count). The molecule has 23 heavy (non-hydrogen) atoms. The second-order valence-electron chi connectivity index (χ2n) is 4.53. The lowest BCUT2D eigenvalue weighted by Crippen LogP contribution is -2.19. The van der Waals surface area contributed by atoms with E-state index in [0.29, 0.717) is 15.5 Å². The number of pyridine rings is 1. The normalized spacial score (nSPS) is 11.7. The Balaban J connectivity index is 2.07. The maximum atomic E-state index is 12.9. The van der Waals surface area contributed by atoms with Gasteiger partial charge in [0.05, 0.1) is 28.7 Å². The minimum absolute atomic E-state index is 0.133. The number of benzene rings is 1. The van der Waals surface area contributed by atoms with Gasteiger partial charge in [-0.2, -0.15) is 0 Å². The number of ketones is 1. The molecule has 0 bridgehead atoms. The highest BCUT2D eigenvalue weighted by Gasteiger charge is 2.16. The summed E-state index contributed by atoms with van der Waals surface area (Å²) in [6.45, 7) is 1.75. The van der Waals surface area contributed by atoms with E-state index in [2.05, 4.69) is 9.72 Å². The monoisotopic (exact) mass is 335 g/mol. The molecule has 0 aliphatic carbocycles. The van der Waals surface area contributed by atoms with Crippen LogP contribution in [-0.4, -0.2) is 27.6 Å². The van der Waals surface area contributed by atoms with Gasteiger partial charge in [-0.3, -0.25) is 9.78 Å². The summed E-state index contributed by atoms with van der Waals surface area (Å²) in [6, 6.07) is 8.40. The third-order valence-corrected chi connectivity index (χ3v) is 4.25. The average molecular weight is 335 g/mol. The number of esters is 1. The van der Waals surface area contributed by atoms with Crippen LogP contribution in [0.3, 0.4) is 0 Å². The van der Waals surface area contributed by atoms with E-state index in [1.54, 1.807) is 13.0 Å². The van der Waals surface area contributed by atoms with Crippen molar-refractivity contribution in [3.05, 3.63) is 54.1 Å². The lowest BCUT2D eigenvalue weighted by molar-refractivity contribution is -0.153. The van der Waals surface area contributed by atoms with Crippen LogP contribution in [0, 0.1) is 5.82 Å². The number of carbonyl (C=O) groups excluding carboxylic acids is 2. The molecule has 0 amide bonds. The quantitative estimate of drug-likeness (QED) is 0.597. The number of Topliss-reactive ketones (excluding diaryl/α,β-unsaturated/α-hetero) is 1. The molecule has 0 fully saturated rings. The number of hydrogen-bond acceptors (Lipinski definition) is 5. The van der Waals surface area contributed by atoms with Crippen molar-refractivity contribution in [3.8, 4) is 0 Å². The van der Waals surface area contributed by atoms with Crippen LogP contribution in [0.4, 0.5) is 4.39 Å². The Hall–Kier alpha value is -2.41. The summed E-state index contributed by atoms with van der Waals surface area (Å²) in [5, 5.41) is 0. The molecule has 0 aliphatic heterocycles. The molecule has 0 N–H and O–H groups in total. The number of rotatable bonds is 6. The Kier molecular flexibility index (Phi) is 5.70. The minimum Gasteiger partial charge on any atom is -0.460 e. The molecule has 1 aromatic carbocycles. The fourth-order valence-corrected chi connectivity index (χ4v) is 2.76. The van der Waals surface area contributed by atoms with Crippen LogP contribution in [0.1, 0.15) is 12.6 Å². The lowest BCUT2D eigenvalue weighted by Gasteiger charge is -2.04. The highest BCUT2D eigenvalue weighted by Crippen LogP contribution is 2.16. The Bertz CT molecular complexity index is 729. The molecule has 0 saturated heterocycles. The van der Waals surface area contributed by atoms with E-state index in [-0.39, 0.29) is 13.0 Å². The van der Waals surface area contributed by atoms with Gasteiger partial charge in [0.1, 0.15) is 5.82 Å². The first-order valence-electron chi connectivity index (χ1n) is 6.83. The van der Waals surface area contributed by atoms with Gasteiger partial charge in [0, 0.05) is 16.8 Å². The smallest absolute Gasteiger partial charge is 0.375 e. The van der Waals surface area contributed by atoms with Crippen LogP contribution in [-0.2, 0) is 31.5 Å². The summed E-state index contributed by atoms with van der Waals surface area (Å²) in [5.41, 5.74) is 0.378. The molecule has 1 aromatic heterocycles. The van der Waals surface area contributed by atoms with E-state index in [1.807, 2.05) is 0 Å². The Morgan fingerprint density at radius 3 is 2.35 bits per heavy atom. The van der Waals surface area contributed by atoms with Crippen molar-refractivity contribution < 1.29 is 22.9 Å². The molecule has 1 atom stereocenters. The topological polar surface area (TPSA) is 73.3 Å². The van der Waals surface area contributed by atoms with Crippen molar-refractivity contribution in [1.29, 1.82) is 0 Å². The molecule has 1 heterocycles. The molecule has 5 nitrogen and oxygen atoms in total. The summed E-state index contributed by atoms with van der Waals surface area (Å²) in [4.78, 5) is 27.7. The summed E-state index contributed by atoms with van der Waals surface area (Å²) in [5.74, 6) is -1.99. The first-order valence-corrected chi connectivity index (χ1v) is 7.98. The van der Waals surface area contributed by atoms with E-state index in [1.165, 1.54) is 36.5 Å². The SMILES string of the molecule is CCOC(=O)C(=O)Cc1ccc(S(=O)c2ccc(F)cc2)cn1. The van der Waals surface area contributed by atoms with Crippen LogP contribution in [0.25, 0.3) is 0 Å². The standard InChI is InChI=1S/C16H14FNO4S/c1-2-22-16(20)15(19)9-12-5-8-14(10-18-12)23(21)13-6-3-11(17)4-7-13/h3-8,10H,2,9H2,1H3. The van der Waals surface area contributed by atoms with Crippen molar-refractivity contribution in [3.63, 3.8) is 0 Å². The van der Waals surface area contributed by atoms with Crippen LogP contribution in [0.5, 0.6) is 0 Å². The Morgan fingerprint density at radius 2 is 1.78 bits per heavy atom. The van der Waals surface area contributed by atoms with Crippen molar-refractivity contribution in [2.75, 3.05) is 6.61 Å². The number of halogens is 1. The number of carbonyl (C=O) groups is 2. The number of ether oxygens (including phenoxy) is 1. The van der Waals surface area contributed by atoms with Crippen LogP contribution >= 0.6 is 0 Å². The summed E-state index contributed by atoms with van der Waals surface area (Å²) in [7, 11) is -1.49. The average Bonchev–Trinajstić information content (AvgIpc) is 2.56. The zero-order chi connectivity index (χ0) is 16.8. The predicted molar refractivity (Wildman–Crippen MR) is 80.7 cm³/mol. The van der Waals surface area contributed by atoms with Crippen LogP contribution in [0.15, 0.2) is 52.4 Å². The highest BCUT2D eigenvalue weighted by atomic mass is 32.2. The summed E-state index contributed by atoms with van der Waals surface area (Å²) in [6.07, 6.45) is 1.19. The molecule has 0 saturated carbocycles. The van der Waals surface area contributed by atoms with Gasteiger partial charge in [-0.15, -0.1) is 0 Å². The molecule has 0 radical (unpaired) electrons. The van der Waals surface area contributed by atoms with Crippen molar-refractivity contribution in [1.82, 2.24) is 4.98 Å². The van der Waals surface area contributed by atoms with Gasteiger partial charge in [-0.1, -0.05) is 0 Å². The second-order valence-corrected chi connectivity index (χ2v) is 6.01. The van der Waals surface area contributed by atoms with Gasteiger partial charge >= 0.3 is 5.97 Å². The van der Waals surface area contributed by atoms with E-state index in [4.69, 9.17) is 0 Å². The maximum Gasteiger partial charge on any atom is 0.375 e. The fraction of sp³-hybridized carbons (Fsp3) is 0.188. The third-order valence-electron chi connectivity index (χ3n) is 2.88. The first-order chi connectivity index (χ1) is 11.0. The largest absolute Gasteiger partial charge is 0.460 e. The zero-order valence-corrected chi connectivity index (χ0v) is 13.1. The molecule has 0 spiro atoms. The van der Waals surface area contributed by atoms with Gasteiger partial charge in [-0.05, 0) is 43.3 Å². The molecule has 1 unspecified atom stereocenters. The van der Waals surface area contributed by atoms with Crippen molar-refractivity contribution >= 4 is 22.6 Å². The Morgan fingerprint density at radius 1 is 1.13 bits per heavy atom. The predicted octanol–water partition coefficient (Wildman–Crippen LogP) is 2.06. The van der Waals surface area contributed by atoms with E-state index < -0.39 is 28.4 Å². The van der Waals surface area contributed by atoms with Crippen LogP contribution < -0.4 is 0 Å². The van der Waals surface area contributed by atoms with Gasteiger partial charge in [0.15, 0.2) is 0 Å². The van der Waals surface area contributed by atoms with Gasteiger partial charge in [-0.25, -0.2) is 13.4 Å². The van der Waals surface area contributed by atoms with Crippen molar-refractivity contribution in [2.45, 2.75) is 23.1 Å².